The Balaban J connectivity index is 1.61. The number of carbonyl (C=O) groups excluding carboxylic acids is 1. The van der Waals surface area contributed by atoms with Gasteiger partial charge < -0.3 is 4.18 Å². The van der Waals surface area contributed by atoms with Gasteiger partial charge in [0.15, 0.2) is 0 Å². The van der Waals surface area contributed by atoms with E-state index in [1.54, 1.807) is 30.3 Å². The Morgan fingerprint density at radius 1 is 0.964 bits per heavy atom. The number of hydrogen-bond acceptors (Lipinski definition) is 5. The average Bonchev–Trinajstić information content (AvgIpc) is 2.70. The van der Waals surface area contributed by atoms with E-state index in [1.165, 1.54) is 48.7 Å². The predicted octanol–water partition coefficient (Wildman–Crippen LogP) is 3.36. The summed E-state index contributed by atoms with van der Waals surface area (Å²) < 4.78 is 42.5. The largest absolute Gasteiger partial charge is 0.379 e. The zero-order chi connectivity index (χ0) is 20.0. The summed E-state index contributed by atoms with van der Waals surface area (Å²) in [6, 6.07) is 19.1. The van der Waals surface area contributed by atoms with Crippen molar-refractivity contribution in [1.82, 2.24) is 5.43 Å². The van der Waals surface area contributed by atoms with Crippen LogP contribution < -0.4 is 9.61 Å². The summed E-state index contributed by atoms with van der Waals surface area (Å²) in [5, 5.41) is 3.79. The Hall–Kier alpha value is -3.52. The Morgan fingerprint density at radius 3 is 2.36 bits per heavy atom. The van der Waals surface area contributed by atoms with Crippen LogP contribution >= 0.6 is 0 Å². The highest BCUT2D eigenvalue weighted by molar-refractivity contribution is 7.87. The van der Waals surface area contributed by atoms with Gasteiger partial charge in [0.1, 0.15) is 16.5 Å². The topological polar surface area (TPSA) is 84.8 Å². The molecule has 0 bridgehead atoms. The van der Waals surface area contributed by atoms with Gasteiger partial charge >= 0.3 is 10.1 Å². The van der Waals surface area contributed by atoms with Crippen molar-refractivity contribution in [3.63, 3.8) is 0 Å². The van der Waals surface area contributed by atoms with Crippen molar-refractivity contribution in [2.24, 2.45) is 5.10 Å². The normalized spacial score (nSPS) is 11.3. The van der Waals surface area contributed by atoms with Crippen LogP contribution in [-0.2, 0) is 10.1 Å². The third-order valence-electron chi connectivity index (χ3n) is 3.58. The summed E-state index contributed by atoms with van der Waals surface area (Å²) in [7, 11) is -3.91. The molecule has 0 radical (unpaired) electrons. The summed E-state index contributed by atoms with van der Waals surface area (Å²) >= 11 is 0. The van der Waals surface area contributed by atoms with E-state index in [2.05, 4.69) is 10.5 Å². The zero-order valence-corrected chi connectivity index (χ0v) is 15.3. The fourth-order valence-corrected chi connectivity index (χ4v) is 3.18. The van der Waals surface area contributed by atoms with Gasteiger partial charge in [-0.15, -0.1) is 0 Å². The second kappa shape index (κ2) is 8.45. The standard InChI is InChI=1S/C20H15FN2O4S/c21-17-6-4-5-16(13-17)20(24)23-22-14-15-9-11-18(12-10-15)27-28(25,26)19-7-2-1-3-8-19/h1-14H,(H,23,24). The van der Waals surface area contributed by atoms with Gasteiger partial charge in [0.2, 0.25) is 0 Å². The SMILES string of the molecule is O=C(NN=Cc1ccc(OS(=O)(=O)c2ccccc2)cc1)c1cccc(F)c1. The third-order valence-corrected chi connectivity index (χ3v) is 4.85. The quantitative estimate of drug-likeness (QED) is 0.392. The molecule has 142 valence electrons. The highest BCUT2D eigenvalue weighted by Gasteiger charge is 2.15. The van der Waals surface area contributed by atoms with Crippen LogP contribution in [0, 0.1) is 5.82 Å². The van der Waals surface area contributed by atoms with Gasteiger partial charge in [0, 0.05) is 5.56 Å². The van der Waals surface area contributed by atoms with E-state index >= 15 is 0 Å². The van der Waals surface area contributed by atoms with Gasteiger partial charge in [0.25, 0.3) is 5.91 Å². The van der Waals surface area contributed by atoms with Crippen LogP contribution in [-0.4, -0.2) is 20.5 Å². The molecule has 0 atom stereocenters. The molecule has 0 aliphatic heterocycles. The number of nitrogens with one attached hydrogen (secondary N) is 1. The molecular weight excluding hydrogens is 383 g/mol. The first-order chi connectivity index (χ1) is 13.4. The van der Waals surface area contributed by atoms with E-state index in [4.69, 9.17) is 4.18 Å². The molecule has 0 saturated carbocycles. The van der Waals surface area contributed by atoms with Crippen LogP contribution in [0.15, 0.2) is 88.9 Å². The number of halogens is 1. The van der Waals surface area contributed by atoms with E-state index in [1.807, 2.05) is 0 Å². The van der Waals surface area contributed by atoms with Crippen molar-refractivity contribution in [3.8, 4) is 5.75 Å². The molecule has 28 heavy (non-hydrogen) atoms. The van der Waals surface area contributed by atoms with Gasteiger partial charge in [-0.3, -0.25) is 4.79 Å². The molecule has 3 rings (SSSR count). The number of nitrogens with zero attached hydrogens (tertiary/aromatic N) is 1. The molecule has 0 aliphatic rings. The van der Waals surface area contributed by atoms with Crippen LogP contribution in [0.3, 0.4) is 0 Å². The highest BCUT2D eigenvalue weighted by Crippen LogP contribution is 2.18. The number of carbonyl (C=O) groups is 1. The monoisotopic (exact) mass is 398 g/mol. The van der Waals surface area contributed by atoms with Gasteiger partial charge in [-0.05, 0) is 60.2 Å². The van der Waals surface area contributed by atoms with Crippen molar-refractivity contribution in [1.29, 1.82) is 0 Å². The van der Waals surface area contributed by atoms with E-state index in [0.717, 1.165) is 6.07 Å². The number of rotatable bonds is 6. The lowest BCUT2D eigenvalue weighted by Gasteiger charge is -2.07. The van der Waals surface area contributed by atoms with Gasteiger partial charge in [0.05, 0.1) is 6.21 Å². The lowest BCUT2D eigenvalue weighted by molar-refractivity contribution is 0.0954. The summed E-state index contributed by atoms with van der Waals surface area (Å²) in [5.74, 6) is -0.924. The van der Waals surface area contributed by atoms with Crippen molar-refractivity contribution in [2.45, 2.75) is 4.90 Å². The Labute approximate surface area is 161 Å². The number of hydrogen-bond donors (Lipinski definition) is 1. The van der Waals surface area contributed by atoms with Gasteiger partial charge in [-0.1, -0.05) is 24.3 Å². The van der Waals surface area contributed by atoms with Crippen LogP contribution in [0.1, 0.15) is 15.9 Å². The van der Waals surface area contributed by atoms with Gasteiger partial charge in [-0.25, -0.2) is 9.82 Å². The molecular formula is C20H15FN2O4S. The number of benzene rings is 3. The zero-order valence-electron chi connectivity index (χ0n) is 14.4. The molecule has 1 N–H and O–H groups in total. The van der Waals surface area contributed by atoms with Crippen molar-refractivity contribution < 1.29 is 21.8 Å². The molecule has 0 fully saturated rings. The maximum atomic E-state index is 13.1. The second-order valence-electron chi connectivity index (χ2n) is 5.63. The van der Waals surface area contributed by atoms with Crippen LogP contribution in [0.4, 0.5) is 4.39 Å². The molecule has 6 nitrogen and oxygen atoms in total. The second-order valence-corrected chi connectivity index (χ2v) is 7.18. The molecule has 3 aromatic rings. The molecule has 0 heterocycles. The Kier molecular flexibility index (Phi) is 5.81. The first-order valence-corrected chi connectivity index (χ1v) is 9.53. The minimum absolute atomic E-state index is 0.0562. The predicted molar refractivity (Wildman–Crippen MR) is 102 cm³/mol. The highest BCUT2D eigenvalue weighted by atomic mass is 32.2. The molecule has 0 aliphatic carbocycles. The molecule has 8 heteroatoms. The fourth-order valence-electron chi connectivity index (χ4n) is 2.23. The van der Waals surface area contributed by atoms with Crippen LogP contribution in [0.2, 0.25) is 0 Å². The van der Waals surface area contributed by atoms with Crippen molar-refractivity contribution in [3.05, 3.63) is 95.8 Å². The minimum atomic E-state index is -3.91. The lowest BCUT2D eigenvalue weighted by atomic mass is 10.2. The van der Waals surface area contributed by atoms with Gasteiger partial charge in [-0.2, -0.15) is 13.5 Å². The molecule has 3 aromatic carbocycles. The van der Waals surface area contributed by atoms with E-state index in [9.17, 15) is 17.6 Å². The van der Waals surface area contributed by atoms with E-state index < -0.39 is 21.8 Å². The smallest absolute Gasteiger partial charge is 0.339 e. The molecule has 0 saturated heterocycles. The summed E-state index contributed by atoms with van der Waals surface area (Å²) in [6.45, 7) is 0. The molecule has 0 spiro atoms. The maximum Gasteiger partial charge on any atom is 0.339 e. The van der Waals surface area contributed by atoms with Crippen LogP contribution in [0.25, 0.3) is 0 Å². The average molecular weight is 398 g/mol. The lowest BCUT2D eigenvalue weighted by Crippen LogP contribution is -2.17. The molecule has 1 amide bonds. The Bertz CT molecular complexity index is 1100. The summed E-state index contributed by atoms with van der Waals surface area (Å²) in [6.07, 6.45) is 1.37. The Morgan fingerprint density at radius 2 is 1.68 bits per heavy atom. The number of amides is 1. The first kappa shape index (κ1) is 19.2. The summed E-state index contributed by atoms with van der Waals surface area (Å²) in [5.41, 5.74) is 3.03. The first-order valence-electron chi connectivity index (χ1n) is 8.13. The van der Waals surface area contributed by atoms with E-state index in [0.29, 0.717) is 5.56 Å². The van der Waals surface area contributed by atoms with Crippen molar-refractivity contribution >= 4 is 22.2 Å². The van der Waals surface area contributed by atoms with E-state index in [-0.39, 0.29) is 16.2 Å². The maximum absolute atomic E-state index is 13.1. The molecule has 0 unspecified atom stereocenters. The number of hydrazone groups is 1. The van der Waals surface area contributed by atoms with Crippen molar-refractivity contribution in [2.75, 3.05) is 0 Å². The molecule has 0 aromatic heterocycles. The minimum Gasteiger partial charge on any atom is -0.379 e. The third kappa shape index (κ3) is 5.01. The van der Waals surface area contributed by atoms with Crippen LogP contribution in [0.5, 0.6) is 5.75 Å². The summed E-state index contributed by atoms with van der Waals surface area (Å²) in [4.78, 5) is 11.9. The fraction of sp³-hybridized carbons (Fsp3) is 0.